The number of nitriles is 1. The molecule has 0 fully saturated rings. The second-order valence-electron chi connectivity index (χ2n) is 3.85. The topological polar surface area (TPSA) is 45.9 Å². The first-order valence-corrected chi connectivity index (χ1v) is 6.67. The molecule has 0 N–H and O–H groups in total. The summed E-state index contributed by atoms with van der Waals surface area (Å²) in [5, 5.41) is 9.33. The highest BCUT2D eigenvalue weighted by Gasteiger charge is 2.05. The van der Waals surface area contributed by atoms with Gasteiger partial charge < -0.3 is 4.74 Å². The van der Waals surface area contributed by atoms with Crippen molar-refractivity contribution in [1.82, 2.24) is 4.98 Å². The van der Waals surface area contributed by atoms with Gasteiger partial charge in [0, 0.05) is 11.5 Å². The summed E-state index contributed by atoms with van der Waals surface area (Å²) in [5.74, 6) is -0.202. The van der Waals surface area contributed by atoms with Crippen LogP contribution < -0.4 is 4.74 Å². The average Bonchev–Trinajstić information content (AvgIpc) is 2.46. The van der Waals surface area contributed by atoms with Gasteiger partial charge >= 0.3 is 0 Å². The number of hydrogen-bond acceptors (Lipinski definition) is 3. The molecule has 19 heavy (non-hydrogen) atoms. The van der Waals surface area contributed by atoms with Crippen molar-refractivity contribution in [2.24, 2.45) is 0 Å². The Morgan fingerprint density at radius 1 is 1.26 bits per heavy atom. The van der Waals surface area contributed by atoms with Gasteiger partial charge in [-0.15, -0.1) is 0 Å². The van der Waals surface area contributed by atoms with Crippen LogP contribution in [0.1, 0.15) is 16.8 Å². The summed E-state index contributed by atoms with van der Waals surface area (Å²) in [4.78, 5) is 3.86. The van der Waals surface area contributed by atoms with E-state index in [9.17, 15) is 4.39 Å². The highest BCUT2D eigenvalue weighted by molar-refractivity contribution is 9.08. The molecule has 1 aromatic heterocycles. The van der Waals surface area contributed by atoms with Crippen molar-refractivity contribution in [3.05, 3.63) is 59.2 Å². The van der Waals surface area contributed by atoms with Gasteiger partial charge in [-0.05, 0) is 35.4 Å². The summed E-state index contributed by atoms with van der Waals surface area (Å²) in [6.07, 6.45) is 1.53. The first-order valence-electron chi connectivity index (χ1n) is 5.55. The zero-order valence-corrected chi connectivity index (χ0v) is 11.5. The van der Waals surface area contributed by atoms with Crippen molar-refractivity contribution in [1.29, 1.82) is 5.26 Å². The molecule has 0 aliphatic heterocycles. The van der Waals surface area contributed by atoms with E-state index >= 15 is 0 Å². The van der Waals surface area contributed by atoms with Crippen molar-refractivity contribution >= 4 is 15.9 Å². The Morgan fingerprint density at radius 3 is 2.79 bits per heavy atom. The normalized spacial score (nSPS) is 9.95. The summed E-state index contributed by atoms with van der Waals surface area (Å²) in [6, 6.07) is 10.1. The van der Waals surface area contributed by atoms with Crippen LogP contribution in [-0.2, 0) is 11.9 Å². The van der Waals surface area contributed by atoms with Gasteiger partial charge in [-0.1, -0.05) is 22.0 Å². The van der Waals surface area contributed by atoms with Crippen molar-refractivity contribution in [2.45, 2.75) is 11.9 Å². The van der Waals surface area contributed by atoms with E-state index in [0.717, 1.165) is 11.1 Å². The summed E-state index contributed by atoms with van der Waals surface area (Å²) in [6.45, 7) is 0.196. The van der Waals surface area contributed by atoms with Gasteiger partial charge in [-0.3, -0.25) is 0 Å². The second kappa shape index (κ2) is 6.30. The van der Waals surface area contributed by atoms with Gasteiger partial charge in [-0.2, -0.15) is 5.26 Å². The predicted octanol–water partition coefficient (Wildman–Crippen LogP) is 3.57. The van der Waals surface area contributed by atoms with Crippen LogP contribution >= 0.6 is 15.9 Å². The van der Waals surface area contributed by atoms with E-state index < -0.39 is 5.82 Å². The molecule has 0 amide bonds. The molecule has 0 aliphatic rings. The summed E-state index contributed by atoms with van der Waals surface area (Å²) in [5.41, 5.74) is 1.94. The largest absolute Gasteiger partial charge is 0.486 e. The van der Waals surface area contributed by atoms with Crippen molar-refractivity contribution < 1.29 is 9.13 Å². The van der Waals surface area contributed by atoms with Gasteiger partial charge in [0.25, 0.3) is 0 Å². The molecule has 0 spiro atoms. The molecule has 0 atom stereocenters. The third kappa shape index (κ3) is 3.52. The van der Waals surface area contributed by atoms with Gasteiger partial charge in [0.1, 0.15) is 18.4 Å². The molecule has 96 valence electrons. The molecular formula is C14H10BrFN2O. The van der Waals surface area contributed by atoms with Crippen LogP contribution in [0.3, 0.4) is 0 Å². The molecule has 1 aromatic carbocycles. The zero-order valence-electron chi connectivity index (χ0n) is 9.94. The maximum absolute atomic E-state index is 13.7. The molecule has 0 radical (unpaired) electrons. The lowest BCUT2D eigenvalue weighted by Gasteiger charge is -2.08. The molecule has 5 heteroatoms. The van der Waals surface area contributed by atoms with E-state index in [-0.39, 0.29) is 12.4 Å². The maximum atomic E-state index is 13.7. The molecule has 0 aliphatic carbocycles. The Morgan fingerprint density at radius 2 is 2.11 bits per heavy atom. The van der Waals surface area contributed by atoms with Crippen LogP contribution in [0.4, 0.5) is 4.39 Å². The minimum atomic E-state index is -0.397. The average molecular weight is 321 g/mol. The number of halogens is 2. The summed E-state index contributed by atoms with van der Waals surface area (Å²) >= 11 is 3.26. The van der Waals surface area contributed by atoms with Gasteiger partial charge in [0.15, 0.2) is 11.6 Å². The van der Waals surface area contributed by atoms with E-state index in [4.69, 9.17) is 10.00 Å². The monoisotopic (exact) mass is 320 g/mol. The fraction of sp³-hybridized carbons (Fsp3) is 0.143. The fourth-order valence-electron chi connectivity index (χ4n) is 1.53. The van der Waals surface area contributed by atoms with Gasteiger partial charge in [0.2, 0.25) is 0 Å². The quantitative estimate of drug-likeness (QED) is 0.809. The molecule has 2 rings (SSSR count). The lowest BCUT2D eigenvalue weighted by atomic mass is 10.2. The third-order valence-corrected chi connectivity index (χ3v) is 3.13. The number of rotatable bonds is 4. The lowest BCUT2D eigenvalue weighted by molar-refractivity contribution is 0.290. The van der Waals surface area contributed by atoms with Crippen molar-refractivity contribution in [3.63, 3.8) is 0 Å². The molecule has 0 unspecified atom stereocenters. The number of nitrogens with zero attached hydrogens (tertiary/aromatic N) is 2. The number of alkyl halides is 1. The zero-order chi connectivity index (χ0) is 13.7. The van der Waals surface area contributed by atoms with Crippen LogP contribution in [-0.4, -0.2) is 4.98 Å². The first kappa shape index (κ1) is 13.5. The van der Waals surface area contributed by atoms with E-state index in [2.05, 4.69) is 20.9 Å². The van der Waals surface area contributed by atoms with Crippen LogP contribution in [0.15, 0.2) is 36.5 Å². The minimum absolute atomic E-state index is 0.194. The number of pyridine rings is 1. The SMILES string of the molecule is N#Cc1cc(COc2ccc(CBr)cc2F)ccn1. The van der Waals surface area contributed by atoms with E-state index in [1.165, 1.54) is 12.3 Å². The Balaban J connectivity index is 2.08. The number of hydrogen-bond donors (Lipinski definition) is 0. The highest BCUT2D eigenvalue weighted by atomic mass is 79.9. The first-order chi connectivity index (χ1) is 9.22. The predicted molar refractivity (Wildman–Crippen MR) is 72.3 cm³/mol. The van der Waals surface area contributed by atoms with Crippen LogP contribution in [0, 0.1) is 17.1 Å². The highest BCUT2D eigenvalue weighted by Crippen LogP contribution is 2.20. The Kier molecular flexibility index (Phi) is 4.48. The van der Waals surface area contributed by atoms with E-state index in [0.29, 0.717) is 11.0 Å². The Hall–Kier alpha value is -1.93. The van der Waals surface area contributed by atoms with Gasteiger partial charge in [0.05, 0.1) is 0 Å². The molecule has 3 nitrogen and oxygen atoms in total. The number of ether oxygens (including phenoxy) is 1. The molecule has 2 aromatic rings. The Labute approximate surface area is 118 Å². The second-order valence-corrected chi connectivity index (χ2v) is 4.41. The van der Waals surface area contributed by atoms with Crippen LogP contribution in [0.25, 0.3) is 0 Å². The molecule has 0 saturated heterocycles. The van der Waals surface area contributed by atoms with E-state index in [1.807, 2.05) is 6.07 Å². The van der Waals surface area contributed by atoms with Crippen LogP contribution in [0.2, 0.25) is 0 Å². The smallest absolute Gasteiger partial charge is 0.165 e. The maximum Gasteiger partial charge on any atom is 0.165 e. The van der Waals surface area contributed by atoms with Crippen molar-refractivity contribution in [2.75, 3.05) is 0 Å². The van der Waals surface area contributed by atoms with Gasteiger partial charge in [-0.25, -0.2) is 9.37 Å². The third-order valence-electron chi connectivity index (χ3n) is 2.48. The molecule has 0 saturated carbocycles. The van der Waals surface area contributed by atoms with Crippen molar-refractivity contribution in [3.8, 4) is 11.8 Å². The number of benzene rings is 1. The number of aromatic nitrogens is 1. The van der Waals surface area contributed by atoms with Crippen LogP contribution in [0.5, 0.6) is 5.75 Å². The Bertz CT molecular complexity index is 625. The minimum Gasteiger partial charge on any atom is -0.486 e. The summed E-state index contributed by atoms with van der Waals surface area (Å²) in [7, 11) is 0. The molecule has 1 heterocycles. The fourth-order valence-corrected chi connectivity index (χ4v) is 1.88. The lowest BCUT2D eigenvalue weighted by Crippen LogP contribution is -1.99. The summed E-state index contributed by atoms with van der Waals surface area (Å²) < 4.78 is 19.1. The van der Waals surface area contributed by atoms with E-state index in [1.54, 1.807) is 24.3 Å². The molecule has 0 bridgehead atoms. The standard InChI is InChI=1S/C14H10BrFN2O/c15-7-10-1-2-14(13(16)6-10)19-9-11-3-4-18-12(5-11)8-17/h1-6H,7,9H2. The molecular weight excluding hydrogens is 311 g/mol.